The summed E-state index contributed by atoms with van der Waals surface area (Å²) >= 11 is 6.64. The minimum absolute atomic E-state index is 0.0694. The van der Waals surface area contributed by atoms with Crippen LogP contribution in [0.2, 0.25) is 0 Å². The van der Waals surface area contributed by atoms with Crippen LogP contribution in [0.3, 0.4) is 0 Å². The summed E-state index contributed by atoms with van der Waals surface area (Å²) in [6, 6.07) is 5.59. The van der Waals surface area contributed by atoms with Crippen molar-refractivity contribution in [2.24, 2.45) is 0 Å². The third kappa shape index (κ3) is 2.95. The summed E-state index contributed by atoms with van der Waals surface area (Å²) in [5.41, 5.74) is 0.781. The lowest BCUT2D eigenvalue weighted by molar-refractivity contribution is -0.114. The van der Waals surface area contributed by atoms with Gasteiger partial charge < -0.3 is 5.32 Å². The molecule has 12 heavy (non-hydrogen) atoms. The first-order chi connectivity index (χ1) is 5.58. The van der Waals surface area contributed by atoms with Gasteiger partial charge in [-0.2, -0.15) is 0 Å². The van der Waals surface area contributed by atoms with Gasteiger partial charge in [-0.1, -0.05) is 31.9 Å². The maximum absolute atomic E-state index is 10.7. The predicted molar refractivity (Wildman–Crippen MR) is 56.1 cm³/mol. The van der Waals surface area contributed by atoms with Gasteiger partial charge >= 0.3 is 0 Å². The van der Waals surface area contributed by atoms with E-state index in [2.05, 4.69) is 37.2 Å². The lowest BCUT2D eigenvalue weighted by Crippen LogP contribution is -2.05. The normalized spacial score (nSPS) is 9.58. The van der Waals surface area contributed by atoms with Gasteiger partial charge in [0.1, 0.15) is 0 Å². The number of halogens is 2. The molecule has 0 aliphatic rings. The molecule has 1 aromatic carbocycles. The van der Waals surface area contributed by atoms with Gasteiger partial charge in [0.25, 0.3) is 0 Å². The molecule has 1 amide bonds. The number of nitrogens with one attached hydrogen (secondary N) is 1. The maximum Gasteiger partial charge on any atom is 0.221 e. The molecule has 0 unspecified atom stereocenters. The van der Waals surface area contributed by atoms with Gasteiger partial charge in [-0.3, -0.25) is 4.79 Å². The molecule has 2 nitrogen and oxygen atoms in total. The first-order valence-electron chi connectivity index (χ1n) is 3.31. The Morgan fingerprint density at radius 1 is 1.25 bits per heavy atom. The Morgan fingerprint density at radius 2 is 1.75 bits per heavy atom. The number of carbonyl (C=O) groups excluding carboxylic acids is 1. The molecule has 0 spiro atoms. The van der Waals surface area contributed by atoms with Crippen molar-refractivity contribution in [2.75, 3.05) is 5.32 Å². The molecule has 0 aromatic heterocycles. The molecule has 64 valence electrons. The minimum Gasteiger partial charge on any atom is -0.326 e. The SMILES string of the molecule is CC(=O)Nc1cc(Br)cc(Br)c1. The first kappa shape index (κ1) is 9.74. The second-order valence-electron chi connectivity index (χ2n) is 2.34. The zero-order valence-corrected chi connectivity index (χ0v) is 9.57. The number of amides is 1. The molecule has 0 heterocycles. The molecule has 0 atom stereocenters. The van der Waals surface area contributed by atoms with Crippen molar-refractivity contribution in [3.63, 3.8) is 0 Å². The average Bonchev–Trinajstić information content (AvgIpc) is 1.81. The van der Waals surface area contributed by atoms with Crippen molar-refractivity contribution < 1.29 is 4.79 Å². The Kier molecular flexibility index (Phi) is 3.29. The van der Waals surface area contributed by atoms with E-state index in [9.17, 15) is 4.79 Å². The summed E-state index contributed by atoms with van der Waals surface area (Å²) in [6.45, 7) is 1.48. The highest BCUT2D eigenvalue weighted by Crippen LogP contribution is 2.22. The van der Waals surface area contributed by atoms with Gasteiger partial charge in [0.05, 0.1) is 0 Å². The van der Waals surface area contributed by atoms with Crippen molar-refractivity contribution in [2.45, 2.75) is 6.92 Å². The Hall–Kier alpha value is -0.350. The quantitative estimate of drug-likeness (QED) is 0.846. The maximum atomic E-state index is 10.7. The lowest BCUT2D eigenvalue weighted by atomic mass is 10.3. The molecule has 0 aliphatic carbocycles. The first-order valence-corrected chi connectivity index (χ1v) is 4.90. The van der Waals surface area contributed by atoms with E-state index < -0.39 is 0 Å². The summed E-state index contributed by atoms with van der Waals surface area (Å²) in [4.78, 5) is 10.7. The molecule has 1 aromatic rings. The van der Waals surface area contributed by atoms with Gasteiger partial charge in [-0.05, 0) is 18.2 Å². The molecule has 1 N–H and O–H groups in total. The Morgan fingerprint density at radius 3 is 2.17 bits per heavy atom. The topological polar surface area (TPSA) is 29.1 Å². The number of benzene rings is 1. The van der Waals surface area contributed by atoms with Crippen molar-refractivity contribution in [3.8, 4) is 0 Å². The fraction of sp³-hybridized carbons (Fsp3) is 0.125. The largest absolute Gasteiger partial charge is 0.326 e. The second kappa shape index (κ2) is 4.05. The molecular formula is C8H7Br2NO. The highest BCUT2D eigenvalue weighted by Gasteiger charge is 1.98. The Balaban J connectivity index is 2.93. The molecule has 0 radical (unpaired) electrons. The number of rotatable bonds is 1. The Labute approximate surface area is 87.6 Å². The van der Waals surface area contributed by atoms with Gasteiger partial charge in [-0.25, -0.2) is 0 Å². The van der Waals surface area contributed by atoms with Crippen LogP contribution in [-0.4, -0.2) is 5.91 Å². The van der Waals surface area contributed by atoms with Gasteiger partial charge in [0.2, 0.25) is 5.91 Å². The summed E-state index contributed by atoms with van der Waals surface area (Å²) in [7, 11) is 0. The van der Waals surface area contributed by atoms with Crippen LogP contribution in [0.25, 0.3) is 0 Å². The summed E-state index contributed by atoms with van der Waals surface area (Å²) in [6.07, 6.45) is 0. The lowest BCUT2D eigenvalue weighted by Gasteiger charge is -2.02. The number of anilines is 1. The van der Waals surface area contributed by atoms with Crippen molar-refractivity contribution in [1.82, 2.24) is 0 Å². The van der Waals surface area contributed by atoms with Gasteiger partial charge in [0.15, 0.2) is 0 Å². The molecular weight excluding hydrogens is 286 g/mol. The van der Waals surface area contributed by atoms with Crippen LogP contribution >= 0.6 is 31.9 Å². The van der Waals surface area contributed by atoms with Gasteiger partial charge in [0, 0.05) is 21.6 Å². The van der Waals surface area contributed by atoms with Crippen LogP contribution in [0.4, 0.5) is 5.69 Å². The monoisotopic (exact) mass is 291 g/mol. The van der Waals surface area contributed by atoms with E-state index in [0.717, 1.165) is 14.6 Å². The smallest absolute Gasteiger partial charge is 0.221 e. The molecule has 0 saturated carbocycles. The van der Waals surface area contributed by atoms with Crippen LogP contribution in [0.15, 0.2) is 27.1 Å². The third-order valence-electron chi connectivity index (χ3n) is 1.18. The van der Waals surface area contributed by atoms with Crippen LogP contribution in [0.5, 0.6) is 0 Å². The van der Waals surface area contributed by atoms with Crippen LogP contribution in [0, 0.1) is 0 Å². The number of carbonyl (C=O) groups is 1. The second-order valence-corrected chi connectivity index (χ2v) is 4.17. The molecule has 1 rings (SSSR count). The van der Waals surface area contributed by atoms with Gasteiger partial charge in [-0.15, -0.1) is 0 Å². The fourth-order valence-corrected chi connectivity index (χ4v) is 2.12. The van der Waals surface area contributed by atoms with E-state index in [4.69, 9.17) is 0 Å². The third-order valence-corrected chi connectivity index (χ3v) is 2.10. The Bertz CT molecular complexity index is 292. The fourth-order valence-electron chi connectivity index (χ4n) is 0.829. The van der Waals surface area contributed by atoms with E-state index in [1.165, 1.54) is 6.92 Å². The summed E-state index contributed by atoms with van der Waals surface area (Å²) < 4.78 is 1.86. The zero-order valence-electron chi connectivity index (χ0n) is 6.40. The van der Waals surface area contributed by atoms with E-state index >= 15 is 0 Å². The van der Waals surface area contributed by atoms with E-state index in [-0.39, 0.29) is 5.91 Å². The minimum atomic E-state index is -0.0694. The molecule has 4 heteroatoms. The van der Waals surface area contributed by atoms with Crippen LogP contribution in [0.1, 0.15) is 6.92 Å². The van der Waals surface area contributed by atoms with E-state index in [1.54, 1.807) is 0 Å². The van der Waals surface area contributed by atoms with Crippen LogP contribution < -0.4 is 5.32 Å². The molecule has 0 fully saturated rings. The average molecular weight is 293 g/mol. The number of hydrogen-bond donors (Lipinski definition) is 1. The summed E-state index contributed by atoms with van der Waals surface area (Å²) in [5.74, 6) is -0.0694. The molecule has 0 saturated heterocycles. The predicted octanol–water partition coefficient (Wildman–Crippen LogP) is 3.17. The highest BCUT2D eigenvalue weighted by molar-refractivity contribution is 9.11. The molecule has 0 bridgehead atoms. The summed E-state index contributed by atoms with van der Waals surface area (Å²) in [5, 5.41) is 2.69. The van der Waals surface area contributed by atoms with E-state index in [0.29, 0.717) is 0 Å². The van der Waals surface area contributed by atoms with Crippen molar-refractivity contribution in [1.29, 1.82) is 0 Å². The van der Waals surface area contributed by atoms with Crippen molar-refractivity contribution >= 4 is 43.5 Å². The highest BCUT2D eigenvalue weighted by atomic mass is 79.9. The zero-order chi connectivity index (χ0) is 9.14. The van der Waals surface area contributed by atoms with Crippen LogP contribution in [-0.2, 0) is 4.79 Å². The molecule has 0 aliphatic heterocycles. The van der Waals surface area contributed by atoms with Crippen molar-refractivity contribution in [3.05, 3.63) is 27.1 Å². The standard InChI is InChI=1S/C8H7Br2NO/c1-5(12)11-8-3-6(9)2-7(10)4-8/h2-4H,1H3,(H,11,12). The van der Waals surface area contributed by atoms with E-state index in [1.807, 2.05) is 18.2 Å². The number of hydrogen-bond acceptors (Lipinski definition) is 1.